The first-order valence-corrected chi connectivity index (χ1v) is 10.7. The number of carbonyl (C=O) groups excluding carboxylic acids is 1. The summed E-state index contributed by atoms with van der Waals surface area (Å²) in [4.78, 5) is 34.9. The number of anilines is 1. The van der Waals surface area contributed by atoms with Crippen LogP contribution in [0, 0.1) is 12.8 Å². The summed E-state index contributed by atoms with van der Waals surface area (Å²) in [7, 11) is 1.65. The van der Waals surface area contributed by atoms with Crippen molar-refractivity contribution in [3.8, 4) is 5.75 Å². The summed E-state index contributed by atoms with van der Waals surface area (Å²) in [6.07, 6.45) is 9.27. The van der Waals surface area contributed by atoms with Crippen molar-refractivity contribution in [2.45, 2.75) is 39.0 Å². The van der Waals surface area contributed by atoms with Crippen LogP contribution in [0.5, 0.6) is 5.75 Å². The first-order chi connectivity index (χ1) is 14.0. The summed E-state index contributed by atoms with van der Waals surface area (Å²) in [5, 5.41) is 3.34. The first-order valence-electron chi connectivity index (χ1n) is 9.88. The molecule has 0 saturated heterocycles. The summed E-state index contributed by atoms with van der Waals surface area (Å²) in [6, 6.07) is 3.62. The normalized spacial score (nSPS) is 14.8. The number of nitrogens with one attached hydrogen (secondary N) is 1. The van der Waals surface area contributed by atoms with E-state index in [1.165, 1.54) is 54.3 Å². The Balaban J connectivity index is 1.54. The Bertz CT molecular complexity index is 1100. The zero-order valence-corrected chi connectivity index (χ0v) is 17.4. The van der Waals surface area contributed by atoms with Crippen molar-refractivity contribution < 1.29 is 9.53 Å². The topological polar surface area (TPSA) is 86.1 Å². The van der Waals surface area contributed by atoms with Crippen LogP contribution in [0.2, 0.25) is 0 Å². The first kappa shape index (κ1) is 19.6. The highest BCUT2D eigenvalue weighted by atomic mass is 32.1. The Labute approximate surface area is 172 Å². The highest BCUT2D eigenvalue weighted by Gasteiger charge is 2.21. The minimum absolute atomic E-state index is 0.155. The highest BCUT2D eigenvalue weighted by molar-refractivity contribution is 7.20. The molecule has 0 aliphatic heterocycles. The molecule has 1 aliphatic rings. The molecule has 0 aromatic carbocycles. The predicted octanol–water partition coefficient (Wildman–Crippen LogP) is 3.91. The molecule has 0 bridgehead atoms. The lowest BCUT2D eigenvalue weighted by Crippen LogP contribution is -2.18. The third-order valence-corrected chi connectivity index (χ3v) is 6.62. The molecule has 3 aromatic heterocycles. The number of aryl methyl sites for hydroxylation is 2. The molecular weight excluding hydrogens is 388 g/mol. The van der Waals surface area contributed by atoms with Crippen LogP contribution in [0.3, 0.4) is 0 Å². The van der Waals surface area contributed by atoms with Gasteiger partial charge in [-0.15, -0.1) is 11.3 Å². The molecule has 3 heterocycles. The van der Waals surface area contributed by atoms with Gasteiger partial charge in [0.2, 0.25) is 0 Å². The molecule has 152 valence electrons. The van der Waals surface area contributed by atoms with Crippen LogP contribution < -0.4 is 15.6 Å². The van der Waals surface area contributed by atoms with E-state index in [0.29, 0.717) is 44.7 Å². The van der Waals surface area contributed by atoms with Crippen molar-refractivity contribution in [2.75, 3.05) is 11.9 Å². The van der Waals surface area contributed by atoms with Crippen molar-refractivity contribution in [2.24, 2.45) is 13.0 Å². The average Bonchev–Trinajstić information content (AvgIpc) is 3.08. The number of fused-ring (bicyclic) bond motifs is 1. The second-order valence-corrected chi connectivity index (χ2v) is 8.52. The number of amides is 1. The molecule has 7 nitrogen and oxygen atoms in total. The fourth-order valence-corrected chi connectivity index (χ4v) is 4.79. The molecule has 3 aromatic rings. The Kier molecular flexibility index (Phi) is 5.62. The lowest BCUT2D eigenvalue weighted by Gasteiger charge is -2.22. The summed E-state index contributed by atoms with van der Waals surface area (Å²) in [5.74, 6) is 1.21. The lowest BCUT2D eigenvalue weighted by atomic mass is 9.90. The highest BCUT2D eigenvalue weighted by Crippen LogP contribution is 2.30. The third kappa shape index (κ3) is 4.03. The van der Waals surface area contributed by atoms with E-state index in [0.717, 1.165) is 0 Å². The molecule has 0 radical (unpaired) electrons. The van der Waals surface area contributed by atoms with Gasteiger partial charge in [-0.3, -0.25) is 9.59 Å². The second-order valence-electron chi connectivity index (χ2n) is 7.52. The van der Waals surface area contributed by atoms with Crippen molar-refractivity contribution in [3.63, 3.8) is 0 Å². The maximum Gasteiger partial charge on any atom is 0.267 e. The summed E-state index contributed by atoms with van der Waals surface area (Å²) in [5.41, 5.74) is 0.481. The van der Waals surface area contributed by atoms with Crippen LogP contribution in [0.15, 0.2) is 29.5 Å². The van der Waals surface area contributed by atoms with Crippen molar-refractivity contribution in [3.05, 3.63) is 45.5 Å². The van der Waals surface area contributed by atoms with E-state index in [-0.39, 0.29) is 11.5 Å². The van der Waals surface area contributed by atoms with E-state index in [4.69, 9.17) is 4.74 Å². The third-order valence-electron chi connectivity index (χ3n) is 5.42. The number of pyridine rings is 1. The smallest absolute Gasteiger partial charge is 0.267 e. The summed E-state index contributed by atoms with van der Waals surface area (Å²) < 4.78 is 7.41. The molecule has 4 rings (SSSR count). The van der Waals surface area contributed by atoms with Crippen LogP contribution in [-0.2, 0) is 7.05 Å². The molecule has 1 amide bonds. The van der Waals surface area contributed by atoms with E-state index >= 15 is 0 Å². The monoisotopic (exact) mass is 412 g/mol. The Morgan fingerprint density at radius 3 is 2.90 bits per heavy atom. The van der Waals surface area contributed by atoms with E-state index in [2.05, 4.69) is 15.3 Å². The summed E-state index contributed by atoms with van der Waals surface area (Å²) in [6.45, 7) is 2.41. The number of nitrogens with zero attached hydrogens (tertiary/aromatic N) is 3. The van der Waals surface area contributed by atoms with Crippen LogP contribution in [-0.4, -0.2) is 27.0 Å². The quantitative estimate of drug-likeness (QED) is 0.687. The van der Waals surface area contributed by atoms with Gasteiger partial charge in [-0.25, -0.2) is 9.97 Å². The van der Waals surface area contributed by atoms with E-state index in [1.54, 1.807) is 26.2 Å². The maximum absolute atomic E-state index is 12.9. The van der Waals surface area contributed by atoms with Gasteiger partial charge in [-0.05, 0) is 43.4 Å². The standard InChI is InChI=1S/C21H24N4O3S/c1-13-16-20(23-12-25(2)21(16)27)29-17(13)19(26)24-18-15(9-6-10-22-18)28-11-14-7-4-3-5-8-14/h6,9-10,12,14H,3-5,7-8,11H2,1-2H3,(H,22,24,26). The van der Waals surface area contributed by atoms with Gasteiger partial charge in [-0.2, -0.15) is 0 Å². The van der Waals surface area contributed by atoms with Crippen LogP contribution in [0.25, 0.3) is 10.2 Å². The minimum Gasteiger partial charge on any atom is -0.489 e. The average molecular weight is 413 g/mol. The molecule has 0 atom stereocenters. The molecule has 1 N–H and O–H groups in total. The van der Waals surface area contributed by atoms with E-state index in [9.17, 15) is 9.59 Å². The molecular formula is C21H24N4O3S. The van der Waals surface area contributed by atoms with Crippen molar-refractivity contribution >= 4 is 33.3 Å². The van der Waals surface area contributed by atoms with Gasteiger partial charge in [0.25, 0.3) is 11.5 Å². The van der Waals surface area contributed by atoms with Crippen LogP contribution in [0.1, 0.15) is 47.3 Å². The lowest BCUT2D eigenvalue weighted by molar-refractivity contribution is 0.102. The van der Waals surface area contributed by atoms with Crippen molar-refractivity contribution in [1.82, 2.24) is 14.5 Å². The number of thiophene rings is 1. The van der Waals surface area contributed by atoms with Gasteiger partial charge in [0.15, 0.2) is 11.6 Å². The van der Waals surface area contributed by atoms with E-state index < -0.39 is 0 Å². The maximum atomic E-state index is 12.9. The van der Waals surface area contributed by atoms with Gasteiger partial charge >= 0.3 is 0 Å². The largest absolute Gasteiger partial charge is 0.489 e. The zero-order valence-electron chi connectivity index (χ0n) is 16.6. The predicted molar refractivity (Wildman–Crippen MR) is 114 cm³/mol. The molecule has 0 unspecified atom stereocenters. The fourth-order valence-electron chi connectivity index (χ4n) is 3.75. The number of hydrogen-bond donors (Lipinski definition) is 1. The summed E-state index contributed by atoms with van der Waals surface area (Å²) >= 11 is 1.21. The van der Waals surface area contributed by atoms with Crippen molar-refractivity contribution in [1.29, 1.82) is 0 Å². The fraction of sp³-hybridized carbons (Fsp3) is 0.429. The Morgan fingerprint density at radius 2 is 2.10 bits per heavy atom. The number of hydrogen-bond acceptors (Lipinski definition) is 6. The number of aromatic nitrogens is 3. The molecule has 1 saturated carbocycles. The van der Waals surface area contributed by atoms with Gasteiger partial charge in [0.1, 0.15) is 4.83 Å². The zero-order chi connectivity index (χ0) is 20.4. The SMILES string of the molecule is Cc1c(C(=O)Nc2ncccc2OCC2CCCCC2)sc2ncn(C)c(=O)c12. The number of carbonyl (C=O) groups is 1. The Morgan fingerprint density at radius 1 is 1.31 bits per heavy atom. The number of ether oxygens (including phenoxy) is 1. The Hall–Kier alpha value is -2.74. The van der Waals surface area contributed by atoms with Gasteiger partial charge in [-0.1, -0.05) is 19.3 Å². The van der Waals surface area contributed by atoms with Gasteiger partial charge < -0.3 is 14.6 Å². The molecule has 8 heteroatoms. The molecule has 29 heavy (non-hydrogen) atoms. The number of rotatable bonds is 5. The second kappa shape index (κ2) is 8.32. The van der Waals surface area contributed by atoms with Crippen LogP contribution >= 0.6 is 11.3 Å². The van der Waals surface area contributed by atoms with Gasteiger partial charge in [0, 0.05) is 13.2 Å². The van der Waals surface area contributed by atoms with E-state index in [1.807, 2.05) is 6.07 Å². The van der Waals surface area contributed by atoms with Crippen LogP contribution in [0.4, 0.5) is 5.82 Å². The van der Waals surface area contributed by atoms with Gasteiger partial charge in [0.05, 0.1) is 23.2 Å². The minimum atomic E-state index is -0.311. The molecule has 0 spiro atoms. The molecule has 1 aliphatic carbocycles. The molecule has 1 fully saturated rings.